The van der Waals surface area contributed by atoms with Gasteiger partial charge in [0.15, 0.2) is 0 Å². The molecule has 1 amide bonds. The normalized spacial score (nSPS) is 11.9. The molecule has 0 fully saturated rings. The number of methoxy groups -OCH3 is 1. The third kappa shape index (κ3) is 3.71. The largest absolute Gasteiger partial charge is 0.480 e. The summed E-state index contributed by atoms with van der Waals surface area (Å²) in [6.45, 7) is -0.0242. The second kappa shape index (κ2) is 6.36. The molecule has 0 aliphatic rings. The highest BCUT2D eigenvalue weighted by atomic mass is 79.9. The molecule has 7 heteroatoms. The van der Waals surface area contributed by atoms with Gasteiger partial charge in [-0.05, 0) is 18.2 Å². The second-order valence-electron chi connectivity index (χ2n) is 3.54. The van der Waals surface area contributed by atoms with Crippen LogP contribution in [0.5, 0.6) is 0 Å². The molecule has 0 spiro atoms. The van der Waals surface area contributed by atoms with Crippen LogP contribution in [-0.2, 0) is 9.53 Å². The zero-order valence-corrected chi connectivity index (χ0v) is 11.2. The Morgan fingerprint density at radius 1 is 1.56 bits per heavy atom. The van der Waals surface area contributed by atoms with Crippen LogP contribution in [-0.4, -0.2) is 36.7 Å². The molecular formula is C11H13BrN2O4. The van der Waals surface area contributed by atoms with E-state index in [9.17, 15) is 9.59 Å². The first-order valence-corrected chi connectivity index (χ1v) is 5.82. The van der Waals surface area contributed by atoms with Crippen molar-refractivity contribution in [1.82, 2.24) is 0 Å². The summed E-state index contributed by atoms with van der Waals surface area (Å²) in [6.07, 6.45) is 0. The number of nitrogens with one attached hydrogen (secondary N) is 1. The molecule has 0 aromatic heterocycles. The smallest absolute Gasteiger partial charge is 0.328 e. The summed E-state index contributed by atoms with van der Waals surface area (Å²) >= 11 is 3.21. The van der Waals surface area contributed by atoms with Gasteiger partial charge >= 0.3 is 5.97 Å². The van der Waals surface area contributed by atoms with Crippen LogP contribution in [0.2, 0.25) is 0 Å². The summed E-state index contributed by atoms with van der Waals surface area (Å²) in [6, 6.07) is 3.83. The average molecular weight is 317 g/mol. The Morgan fingerprint density at radius 2 is 2.22 bits per heavy atom. The fourth-order valence-electron chi connectivity index (χ4n) is 1.38. The van der Waals surface area contributed by atoms with E-state index < -0.39 is 17.9 Å². The van der Waals surface area contributed by atoms with Gasteiger partial charge < -0.3 is 20.9 Å². The van der Waals surface area contributed by atoms with Gasteiger partial charge in [-0.25, -0.2) is 4.79 Å². The predicted molar refractivity (Wildman–Crippen MR) is 69.6 cm³/mol. The topological polar surface area (TPSA) is 102 Å². The summed E-state index contributed by atoms with van der Waals surface area (Å²) in [5, 5.41) is 11.7. The maximum Gasteiger partial charge on any atom is 0.328 e. The van der Waals surface area contributed by atoms with Crippen molar-refractivity contribution < 1.29 is 19.4 Å². The third-order valence-electron chi connectivity index (χ3n) is 2.21. The van der Waals surface area contributed by atoms with Gasteiger partial charge in [0.05, 0.1) is 12.2 Å². The Bertz CT molecular complexity index is 464. The molecule has 0 aliphatic carbocycles. The Kier molecular flexibility index (Phi) is 5.11. The van der Waals surface area contributed by atoms with Gasteiger partial charge in [-0.3, -0.25) is 4.79 Å². The number of hydrogen-bond donors (Lipinski definition) is 3. The molecule has 1 rings (SSSR count). The predicted octanol–water partition coefficient (Wildman–Crippen LogP) is 1.06. The molecule has 0 bridgehead atoms. The summed E-state index contributed by atoms with van der Waals surface area (Å²) < 4.78 is 5.47. The number of carbonyl (C=O) groups excluding carboxylic acids is 1. The van der Waals surface area contributed by atoms with Crippen molar-refractivity contribution in [2.75, 3.05) is 19.0 Å². The molecule has 1 aromatic rings. The van der Waals surface area contributed by atoms with E-state index in [0.29, 0.717) is 10.2 Å². The Balaban J connectivity index is 3.01. The Morgan fingerprint density at radius 3 is 2.72 bits per heavy atom. The minimum atomic E-state index is -1.07. The maximum atomic E-state index is 11.3. The van der Waals surface area contributed by atoms with E-state index in [0.717, 1.165) is 0 Å². The number of carboxylic acids is 1. The number of hydrogen-bond acceptors (Lipinski definition) is 4. The molecule has 0 aliphatic heterocycles. The molecule has 1 atom stereocenters. The second-order valence-corrected chi connectivity index (χ2v) is 4.46. The third-order valence-corrected chi connectivity index (χ3v) is 2.70. The fraction of sp³-hybridized carbons (Fsp3) is 0.273. The van der Waals surface area contributed by atoms with E-state index in [1.165, 1.54) is 13.2 Å². The van der Waals surface area contributed by atoms with Gasteiger partial charge in [-0.1, -0.05) is 15.9 Å². The van der Waals surface area contributed by atoms with Crippen LogP contribution in [0.3, 0.4) is 0 Å². The van der Waals surface area contributed by atoms with Crippen molar-refractivity contribution in [2.24, 2.45) is 5.73 Å². The van der Waals surface area contributed by atoms with Crippen LogP contribution in [0.1, 0.15) is 10.4 Å². The van der Waals surface area contributed by atoms with Crippen molar-refractivity contribution >= 4 is 33.5 Å². The highest BCUT2D eigenvalue weighted by Gasteiger charge is 2.19. The number of nitrogens with two attached hydrogens (primary N) is 1. The van der Waals surface area contributed by atoms with Gasteiger partial charge in [0.2, 0.25) is 0 Å². The van der Waals surface area contributed by atoms with Gasteiger partial charge in [0.1, 0.15) is 6.04 Å². The summed E-state index contributed by atoms with van der Waals surface area (Å²) in [5.41, 5.74) is 5.80. The van der Waals surface area contributed by atoms with Crippen LogP contribution in [0.4, 0.5) is 5.69 Å². The van der Waals surface area contributed by atoms with E-state index in [1.807, 2.05) is 0 Å². The van der Waals surface area contributed by atoms with E-state index in [4.69, 9.17) is 15.6 Å². The molecule has 98 valence electrons. The lowest BCUT2D eigenvalue weighted by Crippen LogP contribution is -2.34. The van der Waals surface area contributed by atoms with E-state index in [2.05, 4.69) is 21.2 Å². The van der Waals surface area contributed by atoms with Crippen molar-refractivity contribution in [3.05, 3.63) is 28.2 Å². The Hall–Kier alpha value is -1.60. The number of rotatable bonds is 6. The van der Waals surface area contributed by atoms with Crippen LogP contribution >= 0.6 is 15.9 Å². The van der Waals surface area contributed by atoms with Crippen molar-refractivity contribution in [1.29, 1.82) is 0 Å². The highest BCUT2D eigenvalue weighted by Crippen LogP contribution is 2.21. The minimum absolute atomic E-state index is 0.0242. The zero-order chi connectivity index (χ0) is 13.7. The van der Waals surface area contributed by atoms with Crippen molar-refractivity contribution in [3.8, 4) is 0 Å². The lowest BCUT2D eigenvalue weighted by molar-refractivity contribution is -0.139. The van der Waals surface area contributed by atoms with Gasteiger partial charge in [0.25, 0.3) is 5.91 Å². The molecule has 0 radical (unpaired) electrons. The number of ether oxygens (including phenoxy) is 1. The summed E-state index contributed by atoms with van der Waals surface area (Å²) in [7, 11) is 1.40. The number of primary amides is 1. The van der Waals surface area contributed by atoms with E-state index >= 15 is 0 Å². The van der Waals surface area contributed by atoms with Gasteiger partial charge in [0, 0.05) is 17.3 Å². The molecule has 18 heavy (non-hydrogen) atoms. The van der Waals surface area contributed by atoms with Crippen molar-refractivity contribution in [2.45, 2.75) is 6.04 Å². The maximum absolute atomic E-state index is 11.3. The average Bonchev–Trinajstić information content (AvgIpc) is 2.30. The lowest BCUT2D eigenvalue weighted by Gasteiger charge is -2.16. The van der Waals surface area contributed by atoms with Gasteiger partial charge in [-0.2, -0.15) is 0 Å². The number of amides is 1. The quantitative estimate of drug-likeness (QED) is 0.728. The SMILES string of the molecule is COCC(Nc1ccc(Br)cc1C(N)=O)C(=O)O. The first-order chi connectivity index (χ1) is 8.45. The molecule has 6 nitrogen and oxygen atoms in total. The van der Waals surface area contributed by atoms with Crippen molar-refractivity contribution in [3.63, 3.8) is 0 Å². The first kappa shape index (κ1) is 14.5. The summed E-state index contributed by atoms with van der Waals surface area (Å²) in [5.74, 6) is -1.71. The van der Waals surface area contributed by atoms with E-state index in [1.54, 1.807) is 12.1 Å². The number of carbonyl (C=O) groups is 2. The molecular weight excluding hydrogens is 304 g/mol. The van der Waals surface area contributed by atoms with Crippen LogP contribution in [0, 0.1) is 0 Å². The lowest BCUT2D eigenvalue weighted by atomic mass is 10.1. The number of aliphatic carboxylic acids is 1. The molecule has 0 saturated heterocycles. The van der Waals surface area contributed by atoms with Crippen LogP contribution < -0.4 is 11.1 Å². The molecule has 0 heterocycles. The molecule has 0 saturated carbocycles. The molecule has 1 unspecified atom stereocenters. The molecule has 4 N–H and O–H groups in total. The number of benzene rings is 1. The van der Waals surface area contributed by atoms with E-state index in [-0.39, 0.29) is 12.2 Å². The molecule has 1 aromatic carbocycles. The number of anilines is 1. The highest BCUT2D eigenvalue weighted by molar-refractivity contribution is 9.10. The zero-order valence-electron chi connectivity index (χ0n) is 9.64. The van der Waals surface area contributed by atoms with Crippen LogP contribution in [0.15, 0.2) is 22.7 Å². The Labute approximate surface area is 112 Å². The summed E-state index contributed by atoms with van der Waals surface area (Å²) in [4.78, 5) is 22.2. The monoisotopic (exact) mass is 316 g/mol. The van der Waals surface area contributed by atoms with Gasteiger partial charge in [-0.15, -0.1) is 0 Å². The fourth-order valence-corrected chi connectivity index (χ4v) is 1.74. The number of halogens is 1. The standard InChI is InChI=1S/C11H13BrN2O4/c1-18-5-9(11(16)17)14-8-3-2-6(12)4-7(8)10(13)15/h2-4,9,14H,5H2,1H3,(H2,13,15)(H,16,17). The minimum Gasteiger partial charge on any atom is -0.480 e. The first-order valence-electron chi connectivity index (χ1n) is 5.03. The number of carboxylic acid groups (broad SMARTS) is 1. The van der Waals surface area contributed by atoms with Crippen LogP contribution in [0.25, 0.3) is 0 Å².